The molecule has 4 N–H and O–H groups in total. The van der Waals surface area contributed by atoms with E-state index in [2.05, 4.69) is 15.3 Å². The number of nitrogens with one attached hydrogen (secondary N) is 1. The van der Waals surface area contributed by atoms with Crippen LogP contribution in [0.3, 0.4) is 0 Å². The van der Waals surface area contributed by atoms with Crippen LogP contribution in [0.5, 0.6) is 0 Å². The molecule has 0 bridgehead atoms. The molecule has 35 heavy (non-hydrogen) atoms. The van der Waals surface area contributed by atoms with E-state index in [0.717, 1.165) is 29.8 Å². The Kier molecular flexibility index (Phi) is 6.08. The van der Waals surface area contributed by atoms with Gasteiger partial charge >= 0.3 is 0 Å². The van der Waals surface area contributed by atoms with Crippen molar-refractivity contribution >= 4 is 29.7 Å². The summed E-state index contributed by atoms with van der Waals surface area (Å²) in [5.41, 5.74) is 2.80. The minimum Gasteiger partial charge on any atom is -0.387 e. The Balaban J connectivity index is 1.42. The van der Waals surface area contributed by atoms with Crippen molar-refractivity contribution in [2.24, 2.45) is 21.7 Å². The fourth-order valence-electron chi connectivity index (χ4n) is 4.63. The number of pyridine rings is 1. The van der Waals surface area contributed by atoms with E-state index in [1.807, 2.05) is 12.1 Å². The smallest absolute Gasteiger partial charge is 0.264 e. The first-order chi connectivity index (χ1) is 17.0. The van der Waals surface area contributed by atoms with Crippen LogP contribution in [0.15, 0.2) is 82.4 Å². The van der Waals surface area contributed by atoms with Crippen LogP contribution in [0.25, 0.3) is 0 Å². The number of allylic oxidation sites excluding steroid dienone is 1. The van der Waals surface area contributed by atoms with E-state index < -0.39 is 6.61 Å². The number of piperidine rings is 1. The molecule has 2 unspecified atom stereocenters. The number of hydrogen-bond acceptors (Lipinski definition) is 7. The molecule has 4 heterocycles. The fraction of sp³-hybridized carbons (Fsp3) is 0.240. The zero-order valence-corrected chi connectivity index (χ0v) is 19.0. The normalized spacial score (nSPS) is 23.2. The Morgan fingerprint density at radius 2 is 2.03 bits per heavy atom. The molecule has 0 saturated carbocycles. The molecule has 10 heteroatoms. The molecule has 1 aromatic heterocycles. The summed E-state index contributed by atoms with van der Waals surface area (Å²) in [7, 11) is 0. The predicted octanol–water partition coefficient (Wildman–Crippen LogP) is 1.78. The maximum absolute atomic E-state index is 12.6. The van der Waals surface area contributed by atoms with E-state index in [-0.39, 0.29) is 22.3 Å². The molecule has 1 aromatic carbocycles. The molecule has 2 atom stereocenters. The summed E-state index contributed by atoms with van der Waals surface area (Å²) in [6.07, 6.45) is 8.41. The SMILES string of the molecule is N[N+]12C=CN=CC1=C(C1CCCN(C(=O)CO)C1)N=C2c1ccc(C(=O)Nc2ccccn2)cc1. The number of benzene rings is 1. The van der Waals surface area contributed by atoms with Crippen molar-refractivity contribution in [1.82, 2.24) is 9.88 Å². The van der Waals surface area contributed by atoms with Crippen LogP contribution in [0, 0.1) is 5.92 Å². The van der Waals surface area contributed by atoms with Crippen LogP contribution in [-0.2, 0) is 4.79 Å². The molecular weight excluding hydrogens is 446 g/mol. The average Bonchev–Trinajstić information content (AvgIpc) is 3.22. The highest BCUT2D eigenvalue weighted by molar-refractivity contribution is 6.05. The Bertz CT molecular complexity index is 1270. The fourth-order valence-corrected chi connectivity index (χ4v) is 4.63. The van der Waals surface area contributed by atoms with Gasteiger partial charge in [0.1, 0.15) is 24.3 Å². The standard InChI is InChI=1S/C25H25N7O3/c26-32-13-11-27-14-20(32)23(19-4-3-12-31(15-19)22(34)16-33)30-24(32)17-6-8-18(9-7-17)25(35)29-21-5-1-2-10-28-21/h1-2,5-11,13-14,19,33H,3-4,12,15-16,26H2/p+1. The van der Waals surface area contributed by atoms with Crippen LogP contribution in [-0.4, -0.2) is 63.1 Å². The third kappa shape index (κ3) is 4.30. The molecule has 178 valence electrons. The number of hydrogen-bond donors (Lipinski definition) is 3. The van der Waals surface area contributed by atoms with Gasteiger partial charge in [-0.25, -0.2) is 4.98 Å². The second-order valence-electron chi connectivity index (χ2n) is 8.64. The molecule has 10 nitrogen and oxygen atoms in total. The quantitative estimate of drug-likeness (QED) is 0.451. The van der Waals surface area contributed by atoms with Crippen molar-refractivity contribution in [2.75, 3.05) is 25.0 Å². The number of quaternary nitrogens is 1. The zero-order chi connectivity index (χ0) is 24.4. The number of anilines is 1. The number of carbonyl (C=O) groups is 2. The number of aliphatic hydroxyl groups excluding tert-OH is 1. The number of aromatic nitrogens is 1. The third-order valence-electron chi connectivity index (χ3n) is 6.43. The molecule has 0 spiro atoms. The van der Waals surface area contributed by atoms with Gasteiger partial charge in [-0.15, -0.1) is 4.59 Å². The number of carbonyl (C=O) groups excluding carboxylic acids is 2. The minimum atomic E-state index is -0.505. The highest BCUT2D eigenvalue weighted by Crippen LogP contribution is 2.37. The van der Waals surface area contributed by atoms with Gasteiger partial charge < -0.3 is 15.3 Å². The molecule has 3 aliphatic heterocycles. The maximum atomic E-state index is 12.6. The topological polar surface area (TPSA) is 133 Å². The molecule has 5 rings (SSSR count). The van der Waals surface area contributed by atoms with Gasteiger partial charge in [0.05, 0.1) is 18.0 Å². The Labute approximate surface area is 202 Å². The minimum absolute atomic E-state index is 0.0193. The number of amidine groups is 1. The van der Waals surface area contributed by atoms with Crippen molar-refractivity contribution in [3.8, 4) is 0 Å². The summed E-state index contributed by atoms with van der Waals surface area (Å²) in [4.78, 5) is 39.7. The van der Waals surface area contributed by atoms with Crippen LogP contribution < -0.4 is 11.2 Å². The lowest BCUT2D eigenvalue weighted by molar-refractivity contribution is -0.750. The number of likely N-dealkylation sites (tertiary alicyclic amines) is 1. The second-order valence-corrected chi connectivity index (χ2v) is 8.64. The monoisotopic (exact) mass is 472 g/mol. The number of aliphatic imine (C=N–C) groups is 2. The number of amides is 2. The van der Waals surface area contributed by atoms with Crippen molar-refractivity contribution in [1.29, 1.82) is 0 Å². The van der Waals surface area contributed by atoms with Gasteiger partial charge in [0.2, 0.25) is 11.6 Å². The second kappa shape index (κ2) is 9.34. The van der Waals surface area contributed by atoms with Crippen LogP contribution >= 0.6 is 0 Å². The summed E-state index contributed by atoms with van der Waals surface area (Å²) in [6, 6.07) is 12.4. The summed E-state index contributed by atoms with van der Waals surface area (Å²) < 4.78 is -0.136. The van der Waals surface area contributed by atoms with Gasteiger partial charge in [-0.1, -0.05) is 6.07 Å². The van der Waals surface area contributed by atoms with E-state index in [0.29, 0.717) is 30.3 Å². The van der Waals surface area contributed by atoms with Gasteiger partial charge in [-0.05, 0) is 49.2 Å². The van der Waals surface area contributed by atoms with Crippen LogP contribution in [0.1, 0.15) is 28.8 Å². The molecule has 1 fully saturated rings. The van der Waals surface area contributed by atoms with E-state index in [9.17, 15) is 14.7 Å². The Hall–Kier alpha value is -3.99. The van der Waals surface area contributed by atoms with Crippen molar-refractivity contribution in [3.05, 3.63) is 83.6 Å². The molecule has 2 aromatic rings. The van der Waals surface area contributed by atoms with Crippen molar-refractivity contribution in [3.63, 3.8) is 0 Å². The lowest BCUT2D eigenvalue weighted by atomic mass is 9.93. The molecule has 0 aliphatic carbocycles. The largest absolute Gasteiger partial charge is 0.387 e. The summed E-state index contributed by atoms with van der Waals surface area (Å²) >= 11 is 0. The first kappa shape index (κ1) is 22.8. The zero-order valence-electron chi connectivity index (χ0n) is 19.0. The molecule has 2 amide bonds. The van der Waals surface area contributed by atoms with Crippen molar-refractivity contribution in [2.45, 2.75) is 12.8 Å². The van der Waals surface area contributed by atoms with Crippen molar-refractivity contribution < 1.29 is 19.3 Å². The number of fused-ring (bicyclic) bond motifs is 1. The first-order valence-electron chi connectivity index (χ1n) is 11.4. The highest BCUT2D eigenvalue weighted by atomic mass is 16.3. The molecule has 1 saturated heterocycles. The van der Waals surface area contributed by atoms with Gasteiger partial charge in [0, 0.05) is 30.8 Å². The van der Waals surface area contributed by atoms with Gasteiger partial charge in [-0.2, -0.15) is 10.8 Å². The van der Waals surface area contributed by atoms with E-state index in [1.54, 1.807) is 60.0 Å². The number of rotatable bonds is 5. The van der Waals surface area contributed by atoms with Gasteiger partial charge in [0.15, 0.2) is 0 Å². The molecule has 3 aliphatic rings. The summed E-state index contributed by atoms with van der Waals surface area (Å²) in [6.45, 7) is 0.585. The molecular formula is C25H26N7O3+. The van der Waals surface area contributed by atoms with Crippen LogP contribution in [0.2, 0.25) is 0 Å². The Morgan fingerprint density at radius 1 is 1.20 bits per heavy atom. The number of nitrogens with zero attached hydrogens (tertiary/aromatic N) is 5. The predicted molar refractivity (Wildman–Crippen MR) is 131 cm³/mol. The number of nitrogens with two attached hydrogens (primary N) is 1. The van der Waals surface area contributed by atoms with E-state index in [4.69, 9.17) is 10.8 Å². The first-order valence-corrected chi connectivity index (χ1v) is 11.4. The average molecular weight is 473 g/mol. The van der Waals surface area contributed by atoms with E-state index in [1.165, 1.54) is 0 Å². The lowest BCUT2D eigenvalue weighted by Crippen LogP contribution is -2.53. The summed E-state index contributed by atoms with van der Waals surface area (Å²) in [5.74, 6) is 7.34. The molecule has 0 radical (unpaired) electrons. The highest BCUT2D eigenvalue weighted by Gasteiger charge is 2.46. The third-order valence-corrected chi connectivity index (χ3v) is 6.43. The summed E-state index contributed by atoms with van der Waals surface area (Å²) in [5, 5.41) is 12.1. The van der Waals surface area contributed by atoms with Gasteiger partial charge in [-0.3, -0.25) is 14.6 Å². The number of aliphatic hydroxyl groups is 1. The lowest BCUT2D eigenvalue weighted by Gasteiger charge is -2.32. The maximum Gasteiger partial charge on any atom is 0.264 e. The van der Waals surface area contributed by atoms with Crippen LogP contribution in [0.4, 0.5) is 5.82 Å². The Morgan fingerprint density at radius 3 is 2.77 bits per heavy atom. The van der Waals surface area contributed by atoms with E-state index >= 15 is 0 Å². The van der Waals surface area contributed by atoms with Gasteiger partial charge in [0.25, 0.3) is 11.7 Å².